The molecule has 1 aromatic heterocycles. The number of aliphatic hydroxyl groups excluding tert-OH is 1. The fourth-order valence-corrected chi connectivity index (χ4v) is 2.53. The Morgan fingerprint density at radius 2 is 2.50 bits per heavy atom. The molecule has 1 saturated heterocycles. The summed E-state index contributed by atoms with van der Waals surface area (Å²) in [5.41, 5.74) is 0. The van der Waals surface area contributed by atoms with E-state index >= 15 is 0 Å². The van der Waals surface area contributed by atoms with Crippen LogP contribution in [0.15, 0.2) is 6.20 Å². The lowest BCUT2D eigenvalue weighted by atomic mass is 10.1. The van der Waals surface area contributed by atoms with Gasteiger partial charge in [0.25, 0.3) is 0 Å². The number of ether oxygens (including phenoxy) is 1. The molecule has 0 radical (unpaired) electrons. The smallest absolute Gasteiger partial charge is 0.0954 e. The molecule has 78 valence electrons. The molecule has 2 rings (SSSR count). The molecule has 0 aromatic carbocycles. The van der Waals surface area contributed by atoms with Crippen molar-refractivity contribution in [1.29, 1.82) is 0 Å². The topological polar surface area (TPSA) is 42.4 Å². The minimum atomic E-state index is 0.100. The van der Waals surface area contributed by atoms with E-state index in [4.69, 9.17) is 9.84 Å². The zero-order valence-corrected chi connectivity index (χ0v) is 8.92. The van der Waals surface area contributed by atoms with E-state index in [9.17, 15) is 0 Å². The van der Waals surface area contributed by atoms with Gasteiger partial charge in [-0.3, -0.25) is 0 Å². The van der Waals surface area contributed by atoms with E-state index in [2.05, 4.69) is 4.98 Å². The van der Waals surface area contributed by atoms with Crippen molar-refractivity contribution in [3.05, 3.63) is 16.1 Å². The maximum absolute atomic E-state index is 8.90. The highest BCUT2D eigenvalue weighted by Gasteiger charge is 2.15. The maximum atomic E-state index is 8.90. The minimum Gasteiger partial charge on any atom is -0.391 e. The highest BCUT2D eigenvalue weighted by molar-refractivity contribution is 7.11. The van der Waals surface area contributed by atoms with Crippen molar-refractivity contribution in [2.24, 2.45) is 0 Å². The molecule has 1 aliphatic rings. The molecule has 0 bridgehead atoms. The van der Waals surface area contributed by atoms with Gasteiger partial charge in [-0.1, -0.05) is 0 Å². The number of rotatable bonds is 3. The molecule has 1 aliphatic heterocycles. The molecule has 0 amide bonds. The van der Waals surface area contributed by atoms with Crippen LogP contribution < -0.4 is 0 Å². The highest BCUT2D eigenvalue weighted by atomic mass is 32.1. The Bertz CT molecular complexity index is 281. The molecule has 1 aromatic rings. The second kappa shape index (κ2) is 4.87. The lowest BCUT2D eigenvalue weighted by Gasteiger charge is -2.21. The number of nitrogens with zero attached hydrogens (tertiary/aromatic N) is 1. The van der Waals surface area contributed by atoms with Crippen LogP contribution in [-0.2, 0) is 17.8 Å². The predicted octanol–water partition coefficient (Wildman–Crippen LogP) is 1.75. The van der Waals surface area contributed by atoms with Gasteiger partial charge in [-0.25, -0.2) is 4.98 Å². The first-order valence-electron chi connectivity index (χ1n) is 5.04. The van der Waals surface area contributed by atoms with E-state index in [0.29, 0.717) is 6.10 Å². The van der Waals surface area contributed by atoms with Crippen molar-refractivity contribution in [2.75, 3.05) is 6.61 Å². The van der Waals surface area contributed by atoms with Gasteiger partial charge in [0.1, 0.15) is 0 Å². The second-order valence-corrected chi connectivity index (χ2v) is 4.77. The molecular formula is C10H15NO2S. The van der Waals surface area contributed by atoms with Gasteiger partial charge in [-0.15, -0.1) is 11.3 Å². The van der Waals surface area contributed by atoms with E-state index < -0.39 is 0 Å². The molecule has 4 heteroatoms. The van der Waals surface area contributed by atoms with Crippen molar-refractivity contribution >= 4 is 11.3 Å². The van der Waals surface area contributed by atoms with Crippen molar-refractivity contribution in [2.45, 2.75) is 38.4 Å². The van der Waals surface area contributed by atoms with E-state index in [1.807, 2.05) is 0 Å². The monoisotopic (exact) mass is 213 g/mol. The molecule has 1 fully saturated rings. The van der Waals surface area contributed by atoms with Gasteiger partial charge < -0.3 is 9.84 Å². The summed E-state index contributed by atoms with van der Waals surface area (Å²) < 4.78 is 5.63. The molecule has 1 N–H and O–H groups in total. The van der Waals surface area contributed by atoms with Gasteiger partial charge in [0, 0.05) is 19.2 Å². The van der Waals surface area contributed by atoms with Gasteiger partial charge >= 0.3 is 0 Å². The average Bonchev–Trinajstić information content (AvgIpc) is 2.67. The number of hydrogen-bond donors (Lipinski definition) is 1. The van der Waals surface area contributed by atoms with Crippen LogP contribution in [0.3, 0.4) is 0 Å². The van der Waals surface area contributed by atoms with Crippen molar-refractivity contribution in [1.82, 2.24) is 4.98 Å². The van der Waals surface area contributed by atoms with Gasteiger partial charge in [-0.05, 0) is 19.3 Å². The lowest BCUT2D eigenvalue weighted by molar-refractivity contribution is 0.0168. The van der Waals surface area contributed by atoms with E-state index in [1.54, 1.807) is 17.5 Å². The summed E-state index contributed by atoms with van der Waals surface area (Å²) in [7, 11) is 0. The zero-order chi connectivity index (χ0) is 9.80. The number of hydrogen-bond acceptors (Lipinski definition) is 4. The third-order valence-corrected chi connectivity index (χ3v) is 3.44. The number of thiazole rings is 1. The van der Waals surface area contributed by atoms with Crippen LogP contribution in [-0.4, -0.2) is 22.8 Å². The van der Waals surface area contributed by atoms with E-state index in [-0.39, 0.29) is 6.61 Å². The molecule has 1 atom stereocenters. The molecule has 0 saturated carbocycles. The molecular weight excluding hydrogens is 198 g/mol. The van der Waals surface area contributed by atoms with E-state index in [1.165, 1.54) is 12.8 Å². The summed E-state index contributed by atoms with van der Waals surface area (Å²) >= 11 is 1.59. The summed E-state index contributed by atoms with van der Waals surface area (Å²) in [6, 6.07) is 0. The van der Waals surface area contributed by atoms with Gasteiger partial charge in [0.15, 0.2) is 0 Å². The predicted molar refractivity (Wildman–Crippen MR) is 55.3 cm³/mol. The fraction of sp³-hybridized carbons (Fsp3) is 0.700. The normalized spacial score (nSPS) is 22.5. The Kier molecular flexibility index (Phi) is 3.50. The standard InChI is InChI=1S/C10H15NO2S/c12-7-9-6-11-10(14-9)5-8-3-1-2-4-13-8/h6,8,12H,1-5,7H2. The Morgan fingerprint density at radius 1 is 1.57 bits per heavy atom. The van der Waals surface area contributed by atoms with Crippen LogP contribution in [0.4, 0.5) is 0 Å². The summed E-state index contributed by atoms with van der Waals surface area (Å²) in [6.45, 7) is 0.992. The summed E-state index contributed by atoms with van der Waals surface area (Å²) in [4.78, 5) is 5.20. The second-order valence-electron chi connectivity index (χ2n) is 3.57. The summed E-state index contributed by atoms with van der Waals surface area (Å²) in [5, 5.41) is 9.98. The number of aliphatic hydroxyl groups is 1. The van der Waals surface area contributed by atoms with Crippen molar-refractivity contribution in [3.8, 4) is 0 Å². The Hall–Kier alpha value is -0.450. The third kappa shape index (κ3) is 2.53. The fourth-order valence-electron chi connectivity index (χ4n) is 1.68. The van der Waals surface area contributed by atoms with Gasteiger partial charge in [0.2, 0.25) is 0 Å². The third-order valence-electron chi connectivity index (χ3n) is 2.43. The van der Waals surface area contributed by atoms with Crippen LogP contribution >= 0.6 is 11.3 Å². The Morgan fingerprint density at radius 3 is 3.14 bits per heavy atom. The first-order chi connectivity index (χ1) is 6.88. The molecule has 2 heterocycles. The first kappa shape index (κ1) is 10.1. The maximum Gasteiger partial charge on any atom is 0.0954 e. The summed E-state index contributed by atoms with van der Waals surface area (Å²) in [6.07, 6.45) is 6.61. The molecule has 14 heavy (non-hydrogen) atoms. The Labute approximate surface area is 87.7 Å². The van der Waals surface area contributed by atoms with Crippen LogP contribution in [0, 0.1) is 0 Å². The Balaban J connectivity index is 1.89. The summed E-state index contributed by atoms with van der Waals surface area (Å²) in [5.74, 6) is 0. The van der Waals surface area contributed by atoms with Crippen LogP contribution in [0.1, 0.15) is 29.1 Å². The van der Waals surface area contributed by atoms with E-state index in [0.717, 1.165) is 29.3 Å². The lowest BCUT2D eigenvalue weighted by Crippen LogP contribution is -2.21. The average molecular weight is 213 g/mol. The minimum absolute atomic E-state index is 0.100. The van der Waals surface area contributed by atoms with Crippen LogP contribution in [0.5, 0.6) is 0 Å². The molecule has 1 unspecified atom stereocenters. The molecule has 0 aliphatic carbocycles. The van der Waals surface area contributed by atoms with Crippen molar-refractivity contribution in [3.63, 3.8) is 0 Å². The van der Waals surface area contributed by atoms with Gasteiger partial charge in [0.05, 0.1) is 22.6 Å². The SMILES string of the molecule is OCc1cnc(CC2CCCCO2)s1. The van der Waals surface area contributed by atoms with Crippen molar-refractivity contribution < 1.29 is 9.84 Å². The van der Waals surface area contributed by atoms with Gasteiger partial charge in [-0.2, -0.15) is 0 Å². The van der Waals surface area contributed by atoms with Crippen LogP contribution in [0.2, 0.25) is 0 Å². The first-order valence-corrected chi connectivity index (χ1v) is 5.86. The quantitative estimate of drug-likeness (QED) is 0.831. The number of aromatic nitrogens is 1. The molecule has 3 nitrogen and oxygen atoms in total. The largest absolute Gasteiger partial charge is 0.391 e. The molecule has 0 spiro atoms. The van der Waals surface area contributed by atoms with Crippen LogP contribution in [0.25, 0.3) is 0 Å². The zero-order valence-electron chi connectivity index (χ0n) is 8.11. The highest BCUT2D eigenvalue weighted by Crippen LogP contribution is 2.20.